The quantitative estimate of drug-likeness (QED) is 0.180. The Labute approximate surface area is 247 Å². The molecule has 0 bridgehead atoms. The van der Waals surface area contributed by atoms with Gasteiger partial charge in [-0.05, 0) is 35.9 Å². The Kier molecular flexibility index (Phi) is 9.83. The first-order chi connectivity index (χ1) is 19.8. The van der Waals surface area contributed by atoms with E-state index in [1.54, 1.807) is 0 Å². The first kappa shape index (κ1) is 29.4. The molecule has 4 aromatic rings. The number of ether oxygens (including phenoxy) is 2. The summed E-state index contributed by atoms with van der Waals surface area (Å²) in [6.07, 6.45) is 1.35. The van der Waals surface area contributed by atoms with Crippen LogP contribution < -0.4 is 10.6 Å². The van der Waals surface area contributed by atoms with Gasteiger partial charge >= 0.3 is 0 Å². The number of nitrogens with zero attached hydrogens (tertiary/aromatic N) is 5. The largest absolute Gasteiger partial charge is 0.379 e. The molecule has 4 heterocycles. The van der Waals surface area contributed by atoms with E-state index in [-0.39, 0.29) is 0 Å². The Morgan fingerprint density at radius 3 is 2.73 bits per heavy atom. The van der Waals surface area contributed by atoms with E-state index in [2.05, 4.69) is 55.3 Å². The molecule has 1 aromatic carbocycles. The molecule has 218 valence electrons. The van der Waals surface area contributed by atoms with E-state index in [1.807, 2.05) is 48.7 Å². The summed E-state index contributed by atoms with van der Waals surface area (Å²) in [6, 6.07) is 14.7. The molecular formula is C29H39ClN8O2Si. The number of hydrogen-bond acceptors (Lipinski definition) is 9. The van der Waals surface area contributed by atoms with Crippen molar-refractivity contribution in [3.63, 3.8) is 0 Å². The number of hydrogen-bond donors (Lipinski definition) is 3. The monoisotopic (exact) mass is 594 g/mol. The van der Waals surface area contributed by atoms with Gasteiger partial charge in [-0.25, -0.2) is 9.97 Å². The normalized spacial score (nSPS) is 15.2. The molecule has 0 amide bonds. The molecule has 12 heteroatoms. The average molecular weight is 595 g/mol. The summed E-state index contributed by atoms with van der Waals surface area (Å²) in [5, 5.41) is 16.0. The number of pyridine rings is 1. The summed E-state index contributed by atoms with van der Waals surface area (Å²) in [7, 11) is -1.30. The summed E-state index contributed by atoms with van der Waals surface area (Å²) in [5.41, 5.74) is 3.25. The molecule has 41 heavy (non-hydrogen) atoms. The second-order valence-corrected chi connectivity index (χ2v) is 17.5. The van der Waals surface area contributed by atoms with Crippen LogP contribution in [-0.4, -0.2) is 84.1 Å². The molecule has 3 aromatic heterocycles. The lowest BCUT2D eigenvalue weighted by Crippen LogP contribution is -2.39. The summed E-state index contributed by atoms with van der Waals surface area (Å²) in [6.45, 7) is 13.4. The smallest absolute Gasteiger partial charge is 0.224 e. The van der Waals surface area contributed by atoms with Crippen molar-refractivity contribution in [3.05, 3.63) is 70.6 Å². The number of aromatic nitrogens is 5. The molecule has 1 atom stereocenters. The fourth-order valence-corrected chi connectivity index (χ4v) is 5.53. The third-order valence-electron chi connectivity index (χ3n) is 6.95. The van der Waals surface area contributed by atoms with Gasteiger partial charge in [0.25, 0.3) is 0 Å². The zero-order valence-corrected chi connectivity index (χ0v) is 25.7. The molecular weight excluding hydrogens is 556 g/mol. The van der Waals surface area contributed by atoms with E-state index < -0.39 is 14.2 Å². The van der Waals surface area contributed by atoms with Crippen molar-refractivity contribution < 1.29 is 9.47 Å². The maximum atomic E-state index is 6.51. The van der Waals surface area contributed by atoms with Crippen LogP contribution in [0.25, 0.3) is 11.0 Å². The molecule has 5 rings (SSSR count). The highest BCUT2D eigenvalue weighted by Gasteiger charge is 2.25. The van der Waals surface area contributed by atoms with Crippen molar-refractivity contribution in [2.45, 2.75) is 38.3 Å². The van der Waals surface area contributed by atoms with Crippen LogP contribution in [0.3, 0.4) is 0 Å². The van der Waals surface area contributed by atoms with Gasteiger partial charge in [-0.1, -0.05) is 49.4 Å². The van der Waals surface area contributed by atoms with Crippen LogP contribution in [0.5, 0.6) is 0 Å². The number of fused-ring (bicyclic) bond motifs is 1. The number of benzene rings is 1. The van der Waals surface area contributed by atoms with E-state index in [0.717, 1.165) is 73.6 Å². The van der Waals surface area contributed by atoms with E-state index in [4.69, 9.17) is 26.1 Å². The maximum absolute atomic E-state index is 6.51. The number of H-pyrrole nitrogens is 1. The third kappa shape index (κ3) is 8.46. The lowest BCUT2D eigenvalue weighted by molar-refractivity contribution is 0.0398. The lowest BCUT2D eigenvalue weighted by atomic mass is 10.1. The number of anilines is 2. The van der Waals surface area contributed by atoms with Crippen molar-refractivity contribution in [2.75, 3.05) is 56.6 Å². The zero-order chi connectivity index (χ0) is 28.7. The maximum Gasteiger partial charge on any atom is 0.224 e. The Morgan fingerprint density at radius 2 is 1.93 bits per heavy atom. The van der Waals surface area contributed by atoms with Crippen LogP contribution in [0, 0.1) is 0 Å². The highest BCUT2D eigenvalue weighted by Crippen LogP contribution is 2.30. The Morgan fingerprint density at radius 1 is 1.10 bits per heavy atom. The molecule has 0 saturated carbocycles. The van der Waals surface area contributed by atoms with Crippen LogP contribution in [0.2, 0.25) is 30.7 Å². The first-order valence-corrected chi connectivity index (χ1v) is 18.2. The molecule has 1 aliphatic heterocycles. The molecule has 0 spiro atoms. The molecule has 0 aliphatic carbocycles. The molecule has 1 unspecified atom stereocenters. The van der Waals surface area contributed by atoms with Crippen molar-refractivity contribution in [2.24, 2.45) is 0 Å². The van der Waals surface area contributed by atoms with E-state index in [1.165, 1.54) is 0 Å². The fourth-order valence-electron chi connectivity index (χ4n) is 4.59. The molecule has 3 N–H and O–H groups in total. The van der Waals surface area contributed by atoms with Gasteiger partial charge in [0.15, 0.2) is 5.65 Å². The van der Waals surface area contributed by atoms with Gasteiger partial charge in [-0.15, -0.1) is 0 Å². The molecule has 1 saturated heterocycles. The van der Waals surface area contributed by atoms with Gasteiger partial charge in [-0.3, -0.25) is 10.00 Å². The molecule has 0 radical (unpaired) electrons. The average Bonchev–Trinajstić information content (AvgIpc) is 3.37. The van der Waals surface area contributed by atoms with E-state index in [0.29, 0.717) is 29.8 Å². The first-order valence-electron chi connectivity index (χ1n) is 14.2. The van der Waals surface area contributed by atoms with Gasteiger partial charge in [0, 0.05) is 58.6 Å². The standard InChI is InChI=1S/C29H39ClN8O2Si/c1-41(2,3)17-16-40-27(24-8-5-9-25(34-24)32-19-21-6-4-7-22(30)18-21)26-23-20-33-29(35-28(23)37-36-26)31-10-11-38-12-14-39-15-13-38/h4-9,18,20,27H,10-17,19H2,1-3H3,(H,32,34)(H2,31,33,35,36,37). The van der Waals surface area contributed by atoms with Gasteiger partial charge in [-0.2, -0.15) is 10.1 Å². The highest BCUT2D eigenvalue weighted by molar-refractivity contribution is 6.76. The Hall–Kier alpha value is -3.09. The SMILES string of the molecule is C[Si](C)(C)CCOC(c1cccc(NCc2cccc(Cl)c2)n1)c1n[nH]c2nc(NCCN3CCOCC3)ncc12. The number of aromatic amines is 1. The number of halogens is 1. The number of rotatable bonds is 13. The van der Waals surface area contributed by atoms with Crippen LogP contribution in [0.1, 0.15) is 23.1 Å². The minimum atomic E-state index is -1.30. The van der Waals surface area contributed by atoms with Gasteiger partial charge < -0.3 is 20.1 Å². The summed E-state index contributed by atoms with van der Waals surface area (Å²) < 4.78 is 11.9. The Bertz CT molecular complexity index is 1420. The van der Waals surface area contributed by atoms with E-state index in [9.17, 15) is 0 Å². The Balaban J connectivity index is 1.33. The van der Waals surface area contributed by atoms with Crippen molar-refractivity contribution in [1.82, 2.24) is 30.0 Å². The van der Waals surface area contributed by atoms with Crippen molar-refractivity contribution in [3.8, 4) is 0 Å². The van der Waals surface area contributed by atoms with Crippen molar-refractivity contribution >= 4 is 42.5 Å². The van der Waals surface area contributed by atoms with Crippen LogP contribution in [-0.2, 0) is 16.0 Å². The van der Waals surface area contributed by atoms with Gasteiger partial charge in [0.05, 0.1) is 24.3 Å². The second-order valence-electron chi connectivity index (χ2n) is 11.4. The van der Waals surface area contributed by atoms with Gasteiger partial charge in [0.1, 0.15) is 17.6 Å². The zero-order valence-electron chi connectivity index (χ0n) is 24.0. The number of morpholine rings is 1. The minimum Gasteiger partial charge on any atom is -0.379 e. The molecule has 10 nitrogen and oxygen atoms in total. The lowest BCUT2D eigenvalue weighted by Gasteiger charge is -2.26. The fraction of sp³-hybridized carbons (Fsp3) is 0.448. The second kappa shape index (κ2) is 13.7. The summed E-state index contributed by atoms with van der Waals surface area (Å²) in [4.78, 5) is 16.6. The minimum absolute atomic E-state index is 0.461. The molecule has 1 aliphatic rings. The van der Waals surface area contributed by atoms with Crippen LogP contribution >= 0.6 is 11.6 Å². The predicted octanol–water partition coefficient (Wildman–Crippen LogP) is 5.20. The summed E-state index contributed by atoms with van der Waals surface area (Å²) >= 11 is 6.16. The predicted molar refractivity (Wildman–Crippen MR) is 166 cm³/mol. The topological polar surface area (TPSA) is 113 Å². The number of nitrogens with one attached hydrogen (secondary N) is 3. The summed E-state index contributed by atoms with van der Waals surface area (Å²) in [5.74, 6) is 1.33. The molecule has 1 fully saturated rings. The van der Waals surface area contributed by atoms with Crippen LogP contribution in [0.15, 0.2) is 48.7 Å². The van der Waals surface area contributed by atoms with Crippen LogP contribution in [0.4, 0.5) is 11.8 Å². The highest BCUT2D eigenvalue weighted by atomic mass is 35.5. The van der Waals surface area contributed by atoms with E-state index >= 15 is 0 Å². The van der Waals surface area contributed by atoms with Crippen molar-refractivity contribution in [1.29, 1.82) is 0 Å². The van der Waals surface area contributed by atoms with Gasteiger partial charge in [0.2, 0.25) is 5.95 Å². The third-order valence-corrected chi connectivity index (χ3v) is 8.89.